The smallest absolute Gasteiger partial charge is 0.318 e. The Balaban J connectivity index is 1.86. The molecule has 6 heteroatoms. The fourth-order valence-electron chi connectivity index (χ4n) is 2.88. The van der Waals surface area contributed by atoms with Gasteiger partial charge in [-0.1, -0.05) is 12.1 Å². The molecule has 2 amide bonds. The zero-order valence-corrected chi connectivity index (χ0v) is 13.5. The highest BCUT2D eigenvalue weighted by molar-refractivity contribution is 5.75. The highest BCUT2D eigenvalue weighted by Gasteiger charge is 2.25. The number of hydrogen-bond donors (Lipinski definition) is 1. The molecule has 1 aromatic heterocycles. The first-order valence-electron chi connectivity index (χ1n) is 7.85. The summed E-state index contributed by atoms with van der Waals surface area (Å²) in [6.45, 7) is 1.64. The molecule has 1 unspecified atom stereocenters. The van der Waals surface area contributed by atoms with Crippen LogP contribution in [0, 0.1) is 0 Å². The molecule has 0 aliphatic carbocycles. The number of methoxy groups -OCH3 is 1. The van der Waals surface area contributed by atoms with E-state index in [1.165, 1.54) is 0 Å². The molecule has 6 nitrogen and oxygen atoms in total. The van der Waals surface area contributed by atoms with Gasteiger partial charge < -0.3 is 19.5 Å². The molecule has 3 rings (SSSR count). The van der Waals surface area contributed by atoms with Crippen LogP contribution in [0.1, 0.15) is 30.3 Å². The van der Waals surface area contributed by atoms with Gasteiger partial charge in [0.2, 0.25) is 0 Å². The fourth-order valence-corrected chi connectivity index (χ4v) is 2.88. The summed E-state index contributed by atoms with van der Waals surface area (Å²) in [5.74, 6) is 1.60. The minimum Gasteiger partial charge on any atom is -0.497 e. The number of rotatable bonds is 4. The van der Waals surface area contributed by atoms with E-state index in [1.807, 2.05) is 47.0 Å². The third-order valence-corrected chi connectivity index (χ3v) is 4.23. The zero-order valence-electron chi connectivity index (χ0n) is 13.5. The molecule has 1 atom stereocenters. The van der Waals surface area contributed by atoms with E-state index in [0.717, 1.165) is 43.1 Å². The Labute approximate surface area is 136 Å². The minimum atomic E-state index is -0.283. The third kappa shape index (κ3) is 3.31. The highest BCUT2D eigenvalue weighted by atomic mass is 16.5. The molecule has 2 aromatic rings. The number of amides is 2. The molecule has 0 bridgehead atoms. The number of carbonyl (C=O) groups excluding carboxylic acids is 1. The summed E-state index contributed by atoms with van der Waals surface area (Å²) < 4.78 is 7.14. The summed E-state index contributed by atoms with van der Waals surface area (Å²) >= 11 is 0. The Morgan fingerprint density at radius 2 is 1.96 bits per heavy atom. The van der Waals surface area contributed by atoms with Crippen molar-refractivity contribution in [3.63, 3.8) is 0 Å². The Hall–Kier alpha value is -2.50. The van der Waals surface area contributed by atoms with E-state index in [4.69, 9.17) is 4.74 Å². The Morgan fingerprint density at radius 1 is 1.26 bits per heavy atom. The van der Waals surface area contributed by atoms with E-state index in [-0.39, 0.29) is 12.1 Å². The van der Waals surface area contributed by atoms with Crippen molar-refractivity contribution in [1.82, 2.24) is 19.8 Å². The standard InChI is InChI=1S/C17H22N4O2/c1-20-12-9-18-16(20)15(13-5-7-14(23-2)8-6-13)19-17(22)21-10-3-4-11-21/h5-9,12,15H,3-4,10-11H2,1-2H3,(H,19,22). The average molecular weight is 314 g/mol. The van der Waals surface area contributed by atoms with Gasteiger partial charge >= 0.3 is 6.03 Å². The first-order chi connectivity index (χ1) is 11.2. The monoisotopic (exact) mass is 314 g/mol. The van der Waals surface area contributed by atoms with Gasteiger partial charge in [-0.2, -0.15) is 0 Å². The van der Waals surface area contributed by atoms with Gasteiger partial charge in [-0.25, -0.2) is 9.78 Å². The van der Waals surface area contributed by atoms with Crippen molar-refractivity contribution in [3.05, 3.63) is 48.0 Å². The number of hydrogen-bond acceptors (Lipinski definition) is 3. The normalized spacial score (nSPS) is 15.5. The summed E-state index contributed by atoms with van der Waals surface area (Å²) in [5, 5.41) is 3.12. The van der Waals surface area contributed by atoms with Gasteiger partial charge in [0.15, 0.2) is 0 Å². The van der Waals surface area contributed by atoms with Gasteiger partial charge in [-0.05, 0) is 30.5 Å². The number of aromatic nitrogens is 2. The number of benzene rings is 1. The van der Waals surface area contributed by atoms with Crippen LogP contribution in [0.2, 0.25) is 0 Å². The molecule has 0 radical (unpaired) electrons. The number of ether oxygens (including phenoxy) is 1. The molecule has 23 heavy (non-hydrogen) atoms. The lowest BCUT2D eigenvalue weighted by molar-refractivity contribution is 0.206. The summed E-state index contributed by atoms with van der Waals surface area (Å²) in [7, 11) is 3.57. The molecule has 1 aromatic carbocycles. The average Bonchev–Trinajstić information content (AvgIpc) is 3.24. The van der Waals surface area contributed by atoms with Crippen molar-refractivity contribution in [2.24, 2.45) is 7.05 Å². The van der Waals surface area contributed by atoms with Crippen LogP contribution in [-0.4, -0.2) is 40.7 Å². The van der Waals surface area contributed by atoms with Crippen LogP contribution >= 0.6 is 0 Å². The van der Waals surface area contributed by atoms with Crippen molar-refractivity contribution in [3.8, 4) is 5.75 Å². The molecule has 0 spiro atoms. The van der Waals surface area contributed by atoms with Crippen LogP contribution in [0.4, 0.5) is 4.79 Å². The first-order valence-corrected chi connectivity index (χ1v) is 7.85. The quantitative estimate of drug-likeness (QED) is 0.942. The molecule has 1 aliphatic heterocycles. The Kier molecular flexibility index (Phi) is 4.50. The van der Waals surface area contributed by atoms with Gasteiger partial charge in [0, 0.05) is 32.5 Å². The second-order valence-electron chi connectivity index (χ2n) is 5.75. The van der Waals surface area contributed by atoms with E-state index >= 15 is 0 Å². The van der Waals surface area contributed by atoms with Crippen LogP contribution in [0.15, 0.2) is 36.7 Å². The van der Waals surface area contributed by atoms with E-state index in [0.29, 0.717) is 0 Å². The molecular weight excluding hydrogens is 292 g/mol. The molecule has 1 aliphatic rings. The van der Waals surface area contributed by atoms with Crippen LogP contribution in [0.25, 0.3) is 0 Å². The number of imidazole rings is 1. The topological polar surface area (TPSA) is 59.4 Å². The number of urea groups is 1. The third-order valence-electron chi connectivity index (χ3n) is 4.23. The molecule has 1 fully saturated rings. The second-order valence-corrected chi connectivity index (χ2v) is 5.75. The van der Waals surface area contributed by atoms with Gasteiger partial charge in [-0.3, -0.25) is 0 Å². The van der Waals surface area contributed by atoms with E-state index in [9.17, 15) is 4.79 Å². The van der Waals surface area contributed by atoms with Crippen molar-refractivity contribution >= 4 is 6.03 Å². The Bertz CT molecular complexity index is 659. The summed E-state index contributed by atoms with van der Waals surface area (Å²) in [4.78, 5) is 18.8. The van der Waals surface area contributed by atoms with Gasteiger partial charge in [0.1, 0.15) is 17.6 Å². The number of nitrogens with zero attached hydrogens (tertiary/aromatic N) is 3. The number of nitrogens with one attached hydrogen (secondary N) is 1. The lowest BCUT2D eigenvalue weighted by atomic mass is 10.1. The first kappa shape index (κ1) is 15.4. The van der Waals surface area contributed by atoms with E-state index < -0.39 is 0 Å². The van der Waals surface area contributed by atoms with Gasteiger partial charge in [0.05, 0.1) is 7.11 Å². The summed E-state index contributed by atoms with van der Waals surface area (Å²) in [6.07, 6.45) is 5.77. The van der Waals surface area contributed by atoms with Crippen molar-refractivity contribution in [2.45, 2.75) is 18.9 Å². The lowest BCUT2D eigenvalue weighted by Gasteiger charge is -2.23. The number of likely N-dealkylation sites (tertiary alicyclic amines) is 1. The van der Waals surface area contributed by atoms with Crippen molar-refractivity contribution < 1.29 is 9.53 Å². The molecular formula is C17H22N4O2. The Morgan fingerprint density at radius 3 is 2.52 bits per heavy atom. The van der Waals surface area contributed by atoms with Crippen LogP contribution in [0.5, 0.6) is 5.75 Å². The van der Waals surface area contributed by atoms with E-state index in [1.54, 1.807) is 13.3 Å². The predicted octanol–water partition coefficient (Wildman–Crippen LogP) is 2.32. The van der Waals surface area contributed by atoms with Crippen molar-refractivity contribution in [2.75, 3.05) is 20.2 Å². The molecule has 2 heterocycles. The predicted molar refractivity (Wildman–Crippen MR) is 87.4 cm³/mol. The number of carbonyl (C=O) groups is 1. The SMILES string of the molecule is COc1ccc(C(NC(=O)N2CCCC2)c2nccn2C)cc1. The highest BCUT2D eigenvalue weighted by Crippen LogP contribution is 2.23. The van der Waals surface area contributed by atoms with E-state index in [2.05, 4.69) is 10.3 Å². The molecule has 0 saturated carbocycles. The zero-order chi connectivity index (χ0) is 16.2. The summed E-state index contributed by atoms with van der Waals surface area (Å²) in [6, 6.07) is 7.39. The summed E-state index contributed by atoms with van der Waals surface area (Å²) in [5.41, 5.74) is 0.979. The maximum Gasteiger partial charge on any atom is 0.318 e. The maximum atomic E-state index is 12.5. The van der Waals surface area contributed by atoms with Gasteiger partial charge in [0.25, 0.3) is 0 Å². The van der Waals surface area contributed by atoms with Gasteiger partial charge in [-0.15, -0.1) is 0 Å². The maximum absolute atomic E-state index is 12.5. The minimum absolute atomic E-state index is 0.0358. The lowest BCUT2D eigenvalue weighted by Crippen LogP contribution is -2.41. The molecule has 122 valence electrons. The van der Waals surface area contributed by atoms with Crippen LogP contribution < -0.4 is 10.1 Å². The van der Waals surface area contributed by atoms with Crippen LogP contribution in [0.3, 0.4) is 0 Å². The fraction of sp³-hybridized carbons (Fsp3) is 0.412. The largest absolute Gasteiger partial charge is 0.497 e. The molecule has 1 saturated heterocycles. The second kappa shape index (κ2) is 6.73. The van der Waals surface area contributed by atoms with Crippen molar-refractivity contribution in [1.29, 1.82) is 0 Å². The number of aryl methyl sites for hydroxylation is 1. The molecule has 1 N–H and O–H groups in total. The van der Waals surface area contributed by atoms with Crippen LogP contribution in [-0.2, 0) is 7.05 Å².